The lowest BCUT2D eigenvalue weighted by Gasteiger charge is -2.16. The van der Waals surface area contributed by atoms with E-state index in [4.69, 9.17) is 16.3 Å². The van der Waals surface area contributed by atoms with Crippen LogP contribution >= 0.6 is 18.7 Å². The number of methoxy groups -OCH3 is 1. The van der Waals surface area contributed by atoms with Crippen LogP contribution < -0.4 is 26.0 Å². The standard InChI is InChI=1S/C22H22ClFN5O3P/c1-5-20(30)26-14-7-9-18(32-2)17(11-14)28-22-25-12-15(23)21(29-22)27-16-8-6-13(24)10-19(16)33(3,4)31/h5-12H,1H2,2-4H3,(H,26,30)(H2,25,27,28,29). The van der Waals surface area contributed by atoms with Crippen LogP contribution in [-0.2, 0) is 9.36 Å². The molecule has 0 bridgehead atoms. The van der Waals surface area contributed by atoms with Crippen LogP contribution in [0.15, 0.2) is 55.3 Å². The number of amides is 1. The second-order valence-electron chi connectivity index (χ2n) is 7.26. The Morgan fingerprint density at radius 1 is 1.18 bits per heavy atom. The molecule has 3 aromatic rings. The maximum absolute atomic E-state index is 13.8. The topological polar surface area (TPSA) is 105 Å². The molecular formula is C22H22ClFN5O3P. The minimum absolute atomic E-state index is 0.173. The number of hydrogen-bond acceptors (Lipinski definition) is 7. The Labute approximate surface area is 195 Å². The fourth-order valence-electron chi connectivity index (χ4n) is 2.90. The molecule has 2 aromatic carbocycles. The van der Waals surface area contributed by atoms with Gasteiger partial charge in [0.2, 0.25) is 11.9 Å². The maximum Gasteiger partial charge on any atom is 0.247 e. The van der Waals surface area contributed by atoms with E-state index >= 15 is 0 Å². The molecule has 0 radical (unpaired) electrons. The lowest BCUT2D eigenvalue weighted by Crippen LogP contribution is -2.12. The second kappa shape index (κ2) is 10.0. The summed E-state index contributed by atoms with van der Waals surface area (Å²) < 4.78 is 31.8. The molecule has 1 amide bonds. The van der Waals surface area contributed by atoms with Gasteiger partial charge in [-0.05, 0) is 55.8 Å². The highest BCUT2D eigenvalue weighted by Crippen LogP contribution is 2.39. The van der Waals surface area contributed by atoms with E-state index in [0.717, 1.165) is 6.08 Å². The highest BCUT2D eigenvalue weighted by Gasteiger charge is 2.19. The average Bonchev–Trinajstić information content (AvgIpc) is 2.76. The molecule has 0 saturated heterocycles. The van der Waals surface area contributed by atoms with Gasteiger partial charge in [0.1, 0.15) is 23.7 Å². The molecule has 8 nitrogen and oxygen atoms in total. The van der Waals surface area contributed by atoms with Crippen LogP contribution in [0.2, 0.25) is 5.02 Å². The molecule has 1 heterocycles. The number of benzene rings is 2. The number of ether oxygens (including phenoxy) is 1. The van der Waals surface area contributed by atoms with Gasteiger partial charge in [-0.15, -0.1) is 0 Å². The molecule has 11 heteroatoms. The Hall–Kier alpha value is -3.42. The first-order chi connectivity index (χ1) is 15.6. The fourth-order valence-corrected chi connectivity index (χ4v) is 4.18. The van der Waals surface area contributed by atoms with Gasteiger partial charge < -0.3 is 25.3 Å². The largest absolute Gasteiger partial charge is 0.495 e. The Balaban J connectivity index is 1.94. The SMILES string of the molecule is C=CC(=O)Nc1ccc(OC)c(Nc2ncc(Cl)c(Nc3ccc(F)cc3P(C)(C)=O)n2)c1. The molecule has 0 aliphatic carbocycles. The summed E-state index contributed by atoms with van der Waals surface area (Å²) >= 11 is 6.26. The van der Waals surface area contributed by atoms with Crippen molar-refractivity contribution in [1.29, 1.82) is 0 Å². The van der Waals surface area contributed by atoms with Gasteiger partial charge in [0.05, 0.1) is 24.7 Å². The van der Waals surface area contributed by atoms with E-state index in [0.29, 0.717) is 28.1 Å². The number of halogens is 2. The molecule has 0 aliphatic rings. The molecule has 1 aromatic heterocycles. The molecule has 3 rings (SSSR count). The summed E-state index contributed by atoms with van der Waals surface area (Å²) in [7, 11) is -1.29. The van der Waals surface area contributed by atoms with Crippen LogP contribution in [0.3, 0.4) is 0 Å². The summed E-state index contributed by atoms with van der Waals surface area (Å²) in [6.45, 7) is 6.52. The summed E-state index contributed by atoms with van der Waals surface area (Å²) in [5.74, 6) is 0.0295. The number of nitrogens with zero attached hydrogens (tertiary/aromatic N) is 2. The second-order valence-corrected chi connectivity index (χ2v) is 10.9. The summed E-state index contributed by atoms with van der Waals surface area (Å²) in [4.78, 5) is 20.2. The summed E-state index contributed by atoms with van der Waals surface area (Å²) in [5.41, 5.74) is 1.41. The zero-order valence-electron chi connectivity index (χ0n) is 18.1. The van der Waals surface area contributed by atoms with E-state index in [-0.39, 0.29) is 22.7 Å². The maximum atomic E-state index is 13.8. The van der Waals surface area contributed by atoms with Crippen LogP contribution in [0.5, 0.6) is 5.75 Å². The smallest absolute Gasteiger partial charge is 0.247 e. The van der Waals surface area contributed by atoms with Crippen LogP contribution in [0.25, 0.3) is 0 Å². The number of nitrogens with one attached hydrogen (secondary N) is 3. The number of aromatic nitrogens is 2. The van der Waals surface area contributed by atoms with Crippen LogP contribution in [0.1, 0.15) is 0 Å². The van der Waals surface area contributed by atoms with Crippen molar-refractivity contribution < 1.29 is 18.5 Å². The van der Waals surface area contributed by atoms with Crippen LogP contribution in [-0.4, -0.2) is 36.3 Å². The summed E-state index contributed by atoms with van der Waals surface area (Å²) in [6.07, 6.45) is 2.54. The first-order valence-corrected chi connectivity index (χ1v) is 12.6. The van der Waals surface area contributed by atoms with Crippen LogP contribution in [0.4, 0.5) is 33.2 Å². The molecular weight excluding hydrogens is 468 g/mol. The first-order valence-electron chi connectivity index (χ1n) is 9.64. The van der Waals surface area contributed by atoms with E-state index in [9.17, 15) is 13.8 Å². The highest BCUT2D eigenvalue weighted by molar-refractivity contribution is 7.70. The van der Waals surface area contributed by atoms with E-state index in [2.05, 4.69) is 32.5 Å². The predicted molar refractivity (Wildman–Crippen MR) is 131 cm³/mol. The molecule has 33 heavy (non-hydrogen) atoms. The molecule has 0 aliphatic heterocycles. The molecule has 0 unspecified atom stereocenters. The third kappa shape index (κ3) is 6.09. The van der Waals surface area contributed by atoms with Crippen molar-refractivity contribution in [3.8, 4) is 5.75 Å². The normalized spacial score (nSPS) is 10.9. The number of carbonyl (C=O) groups excluding carboxylic acids is 1. The zero-order chi connectivity index (χ0) is 24.2. The van der Waals surface area contributed by atoms with E-state index in [1.54, 1.807) is 31.5 Å². The van der Waals surface area contributed by atoms with Crippen molar-refractivity contribution in [1.82, 2.24) is 9.97 Å². The number of rotatable bonds is 8. The van der Waals surface area contributed by atoms with Crippen molar-refractivity contribution in [3.05, 3.63) is 66.1 Å². The predicted octanol–water partition coefficient (Wildman–Crippen LogP) is 5.14. The van der Waals surface area contributed by atoms with Gasteiger partial charge in [-0.1, -0.05) is 18.2 Å². The lowest BCUT2D eigenvalue weighted by molar-refractivity contribution is -0.111. The minimum atomic E-state index is -2.79. The van der Waals surface area contributed by atoms with Crippen molar-refractivity contribution in [2.75, 3.05) is 36.4 Å². The van der Waals surface area contributed by atoms with Gasteiger partial charge in [0, 0.05) is 11.0 Å². The minimum Gasteiger partial charge on any atom is -0.495 e. The Morgan fingerprint density at radius 2 is 1.94 bits per heavy atom. The fraction of sp³-hybridized carbons (Fsp3) is 0.136. The Kier molecular flexibility index (Phi) is 7.36. The van der Waals surface area contributed by atoms with Crippen molar-refractivity contribution >= 4 is 58.8 Å². The average molecular weight is 490 g/mol. The quantitative estimate of drug-likeness (QED) is 0.297. The zero-order valence-corrected chi connectivity index (χ0v) is 19.8. The third-order valence-corrected chi connectivity index (χ3v) is 6.24. The Morgan fingerprint density at radius 3 is 2.61 bits per heavy atom. The number of carbonyl (C=O) groups is 1. The molecule has 0 atom stereocenters. The first kappa shape index (κ1) is 24.2. The van der Waals surface area contributed by atoms with Gasteiger partial charge >= 0.3 is 0 Å². The van der Waals surface area contributed by atoms with Crippen molar-refractivity contribution in [3.63, 3.8) is 0 Å². The van der Waals surface area contributed by atoms with Crippen molar-refractivity contribution in [2.45, 2.75) is 0 Å². The van der Waals surface area contributed by atoms with Gasteiger partial charge in [0.25, 0.3) is 0 Å². The van der Waals surface area contributed by atoms with Crippen molar-refractivity contribution in [2.24, 2.45) is 0 Å². The van der Waals surface area contributed by atoms with Gasteiger partial charge in [0.15, 0.2) is 5.82 Å². The van der Waals surface area contributed by atoms with Gasteiger partial charge in [-0.2, -0.15) is 4.98 Å². The molecule has 0 saturated carbocycles. The van der Waals surface area contributed by atoms with E-state index < -0.39 is 13.0 Å². The third-order valence-electron chi connectivity index (χ3n) is 4.44. The van der Waals surface area contributed by atoms with Crippen LogP contribution in [0, 0.1) is 5.82 Å². The molecule has 0 fully saturated rings. The van der Waals surface area contributed by atoms with Gasteiger partial charge in [-0.25, -0.2) is 9.37 Å². The van der Waals surface area contributed by atoms with E-state index in [1.807, 2.05) is 0 Å². The van der Waals surface area contributed by atoms with Gasteiger partial charge in [-0.3, -0.25) is 4.79 Å². The van der Waals surface area contributed by atoms with E-state index in [1.165, 1.54) is 31.5 Å². The molecule has 0 spiro atoms. The number of anilines is 5. The number of hydrogen-bond donors (Lipinski definition) is 3. The lowest BCUT2D eigenvalue weighted by atomic mass is 10.2. The summed E-state index contributed by atoms with van der Waals surface area (Å²) in [6, 6.07) is 8.94. The highest BCUT2D eigenvalue weighted by atomic mass is 35.5. The Bertz CT molecular complexity index is 1260. The molecule has 3 N–H and O–H groups in total. The monoisotopic (exact) mass is 489 g/mol. The molecule has 172 valence electrons. The summed E-state index contributed by atoms with van der Waals surface area (Å²) in [5, 5.41) is 9.24.